The van der Waals surface area contributed by atoms with Gasteiger partial charge in [-0.15, -0.1) is 0 Å². The molecular weight excluding hydrogens is 294 g/mol. The summed E-state index contributed by atoms with van der Waals surface area (Å²) in [4.78, 5) is 0. The lowest BCUT2D eigenvalue weighted by Crippen LogP contribution is -2.18. The van der Waals surface area contributed by atoms with E-state index in [2.05, 4.69) is 0 Å². The van der Waals surface area contributed by atoms with Gasteiger partial charge in [0.25, 0.3) is 0 Å². The highest BCUT2D eigenvalue weighted by molar-refractivity contribution is 7.07. The van der Waals surface area contributed by atoms with Crippen molar-refractivity contribution in [3.05, 3.63) is 52.0 Å². The van der Waals surface area contributed by atoms with E-state index in [1.54, 1.807) is 11.4 Å². The molecule has 0 aliphatic heterocycles. The molecule has 0 bridgehead atoms. The van der Waals surface area contributed by atoms with E-state index < -0.39 is 23.7 Å². The molecule has 0 amide bonds. The molecule has 1 aromatic carbocycles. The van der Waals surface area contributed by atoms with Gasteiger partial charge in [-0.1, -0.05) is 0 Å². The van der Waals surface area contributed by atoms with Crippen LogP contribution in [-0.4, -0.2) is 6.54 Å². The van der Waals surface area contributed by atoms with Crippen LogP contribution in [0.2, 0.25) is 0 Å². The molecule has 0 saturated carbocycles. The Hall–Kier alpha value is -1.60. The maximum Gasteiger partial charge on any atom is 0.419 e. The Morgan fingerprint density at radius 1 is 1.25 bits per heavy atom. The van der Waals surface area contributed by atoms with Gasteiger partial charge in [-0.05, 0) is 35.0 Å². The maximum atomic E-state index is 13.2. The minimum Gasteiger partial charge on any atom is -0.484 e. The van der Waals surface area contributed by atoms with Crippen molar-refractivity contribution in [1.29, 1.82) is 0 Å². The van der Waals surface area contributed by atoms with Crippen molar-refractivity contribution in [2.75, 3.05) is 6.54 Å². The van der Waals surface area contributed by atoms with Gasteiger partial charge in [0.1, 0.15) is 17.7 Å². The Morgan fingerprint density at radius 3 is 2.55 bits per heavy atom. The molecule has 1 atom stereocenters. The highest BCUT2D eigenvalue weighted by Gasteiger charge is 2.34. The van der Waals surface area contributed by atoms with E-state index in [4.69, 9.17) is 10.5 Å². The summed E-state index contributed by atoms with van der Waals surface area (Å²) in [5.41, 5.74) is 4.97. The Bertz CT molecular complexity index is 568. The maximum absolute atomic E-state index is 13.2. The number of alkyl halides is 3. The van der Waals surface area contributed by atoms with E-state index >= 15 is 0 Å². The Labute approximate surface area is 116 Å². The quantitative estimate of drug-likeness (QED) is 0.867. The molecular formula is C13H11F4NOS. The van der Waals surface area contributed by atoms with Gasteiger partial charge in [0.2, 0.25) is 0 Å². The fraction of sp³-hybridized carbons (Fsp3) is 0.231. The van der Waals surface area contributed by atoms with Gasteiger partial charge >= 0.3 is 6.18 Å². The monoisotopic (exact) mass is 305 g/mol. The summed E-state index contributed by atoms with van der Waals surface area (Å²) in [5, 5.41) is 3.61. The summed E-state index contributed by atoms with van der Waals surface area (Å²) >= 11 is 1.43. The first-order valence-corrected chi connectivity index (χ1v) is 6.61. The fourth-order valence-corrected chi connectivity index (χ4v) is 2.37. The molecule has 1 aromatic heterocycles. The molecule has 2 nitrogen and oxygen atoms in total. The van der Waals surface area contributed by atoms with Crippen LogP contribution >= 0.6 is 11.3 Å². The van der Waals surface area contributed by atoms with Crippen molar-refractivity contribution >= 4 is 11.3 Å². The molecule has 1 unspecified atom stereocenters. The lowest BCUT2D eigenvalue weighted by Gasteiger charge is -2.17. The lowest BCUT2D eigenvalue weighted by molar-refractivity contribution is -0.140. The Balaban J connectivity index is 2.25. The Morgan fingerprint density at radius 2 is 2.00 bits per heavy atom. The number of hydrogen-bond donors (Lipinski definition) is 1. The van der Waals surface area contributed by atoms with Gasteiger partial charge < -0.3 is 10.5 Å². The summed E-state index contributed by atoms with van der Waals surface area (Å²) in [7, 11) is 0. The predicted octanol–water partition coefficient (Wildman–Crippen LogP) is 3.98. The molecule has 2 rings (SSSR count). The van der Waals surface area contributed by atoms with E-state index in [1.165, 1.54) is 11.3 Å². The fourth-order valence-electron chi connectivity index (χ4n) is 1.67. The summed E-state index contributed by atoms with van der Waals surface area (Å²) in [6, 6.07) is 4.31. The molecule has 20 heavy (non-hydrogen) atoms. The second kappa shape index (κ2) is 5.80. The molecule has 108 valence electrons. The zero-order valence-electron chi connectivity index (χ0n) is 10.2. The molecule has 0 aliphatic rings. The first-order valence-electron chi connectivity index (χ1n) is 5.67. The van der Waals surface area contributed by atoms with E-state index in [0.29, 0.717) is 6.07 Å². The van der Waals surface area contributed by atoms with Crippen molar-refractivity contribution in [1.82, 2.24) is 0 Å². The van der Waals surface area contributed by atoms with Crippen LogP contribution in [0.5, 0.6) is 5.75 Å². The topological polar surface area (TPSA) is 35.2 Å². The van der Waals surface area contributed by atoms with Crippen LogP contribution in [0, 0.1) is 5.82 Å². The average molecular weight is 305 g/mol. The van der Waals surface area contributed by atoms with Crippen LogP contribution in [0.3, 0.4) is 0 Å². The van der Waals surface area contributed by atoms with Gasteiger partial charge in [0.15, 0.2) is 0 Å². The number of ether oxygens (including phenoxy) is 1. The first kappa shape index (κ1) is 14.8. The average Bonchev–Trinajstić information content (AvgIpc) is 2.90. The smallest absolute Gasteiger partial charge is 0.419 e. The van der Waals surface area contributed by atoms with Crippen LogP contribution < -0.4 is 10.5 Å². The third kappa shape index (κ3) is 3.29. The van der Waals surface area contributed by atoms with Crippen LogP contribution in [0.4, 0.5) is 17.6 Å². The van der Waals surface area contributed by atoms with Gasteiger partial charge in [-0.3, -0.25) is 0 Å². The molecule has 0 saturated heterocycles. The zero-order chi connectivity index (χ0) is 14.8. The predicted molar refractivity (Wildman–Crippen MR) is 68.1 cm³/mol. The van der Waals surface area contributed by atoms with E-state index in [-0.39, 0.29) is 12.3 Å². The lowest BCUT2D eigenvalue weighted by atomic mass is 10.1. The van der Waals surface area contributed by atoms with Crippen molar-refractivity contribution in [2.24, 2.45) is 5.73 Å². The van der Waals surface area contributed by atoms with Gasteiger partial charge in [-0.25, -0.2) is 4.39 Å². The normalized spacial score (nSPS) is 13.2. The SMILES string of the molecule is NCC(Oc1ccc(F)c(C(F)(F)F)c1)c1ccsc1. The number of benzene rings is 1. The van der Waals surface area contributed by atoms with E-state index in [1.807, 2.05) is 5.38 Å². The first-order chi connectivity index (χ1) is 9.41. The minimum absolute atomic E-state index is 0.0691. The summed E-state index contributed by atoms with van der Waals surface area (Å²) in [6.07, 6.45) is -5.32. The third-order valence-corrected chi connectivity index (χ3v) is 3.35. The van der Waals surface area contributed by atoms with Crippen LogP contribution in [0.25, 0.3) is 0 Å². The number of hydrogen-bond acceptors (Lipinski definition) is 3. The molecule has 0 fully saturated rings. The second-order valence-electron chi connectivity index (χ2n) is 4.04. The second-order valence-corrected chi connectivity index (χ2v) is 4.82. The number of halogens is 4. The molecule has 7 heteroatoms. The highest BCUT2D eigenvalue weighted by atomic mass is 32.1. The van der Waals surface area contributed by atoms with Crippen molar-refractivity contribution in [2.45, 2.75) is 12.3 Å². The van der Waals surface area contributed by atoms with Gasteiger partial charge in [0.05, 0.1) is 5.56 Å². The Kier molecular flexibility index (Phi) is 4.29. The van der Waals surface area contributed by atoms with Crippen molar-refractivity contribution in [3.63, 3.8) is 0 Å². The van der Waals surface area contributed by atoms with E-state index in [9.17, 15) is 17.6 Å². The molecule has 2 aromatic rings. The van der Waals surface area contributed by atoms with Crippen molar-refractivity contribution < 1.29 is 22.3 Å². The molecule has 0 spiro atoms. The van der Waals surface area contributed by atoms with Crippen LogP contribution in [0.15, 0.2) is 35.0 Å². The third-order valence-electron chi connectivity index (χ3n) is 2.65. The number of nitrogens with two attached hydrogens (primary N) is 1. The molecule has 0 aliphatic carbocycles. The summed E-state index contributed by atoms with van der Waals surface area (Å²) in [6.45, 7) is 0.107. The summed E-state index contributed by atoms with van der Waals surface area (Å²) < 4.78 is 56.4. The standard InChI is InChI=1S/C13H11F4NOS/c14-11-2-1-9(5-10(11)13(15,16)17)19-12(6-18)8-3-4-20-7-8/h1-5,7,12H,6,18H2. The van der Waals surface area contributed by atoms with Gasteiger partial charge in [-0.2, -0.15) is 24.5 Å². The van der Waals surface area contributed by atoms with Crippen molar-refractivity contribution in [3.8, 4) is 5.75 Å². The minimum atomic E-state index is -4.76. The van der Waals surface area contributed by atoms with Gasteiger partial charge in [0, 0.05) is 12.1 Å². The largest absolute Gasteiger partial charge is 0.484 e. The highest BCUT2D eigenvalue weighted by Crippen LogP contribution is 2.34. The molecule has 1 heterocycles. The van der Waals surface area contributed by atoms with Crippen LogP contribution in [0.1, 0.15) is 17.2 Å². The summed E-state index contributed by atoms with van der Waals surface area (Å²) in [5.74, 6) is -1.40. The number of rotatable bonds is 4. The van der Waals surface area contributed by atoms with Crippen LogP contribution in [-0.2, 0) is 6.18 Å². The zero-order valence-corrected chi connectivity index (χ0v) is 11.0. The molecule has 0 radical (unpaired) electrons. The molecule has 2 N–H and O–H groups in total. The number of thiophene rings is 1. The van der Waals surface area contributed by atoms with E-state index in [0.717, 1.165) is 17.7 Å².